The average molecular weight is 425 g/mol. The molecule has 0 unspecified atom stereocenters. The van der Waals surface area contributed by atoms with Crippen molar-refractivity contribution in [1.82, 2.24) is 15.0 Å². The van der Waals surface area contributed by atoms with Crippen molar-refractivity contribution in [2.75, 3.05) is 41.3 Å². The minimum atomic E-state index is -0.0244. The van der Waals surface area contributed by atoms with Crippen molar-refractivity contribution in [2.24, 2.45) is 22.9 Å². The van der Waals surface area contributed by atoms with E-state index in [0.29, 0.717) is 44.0 Å². The highest BCUT2D eigenvalue weighted by atomic mass is 15.4. The molecular weight excluding hydrogens is 392 g/mol. The second-order valence-corrected chi connectivity index (χ2v) is 8.53. The van der Waals surface area contributed by atoms with E-state index < -0.39 is 0 Å². The van der Waals surface area contributed by atoms with Gasteiger partial charge in [-0.05, 0) is 30.5 Å². The summed E-state index contributed by atoms with van der Waals surface area (Å²) in [6.45, 7) is 6.36. The lowest BCUT2D eigenvalue weighted by Crippen LogP contribution is -2.54. The maximum absolute atomic E-state index is 6.20. The normalized spacial score (nSPS) is 26.6. The second kappa shape index (κ2) is 9.15. The molecule has 9 N–H and O–H groups in total. The highest BCUT2D eigenvalue weighted by Gasteiger charge is 2.28. The van der Waals surface area contributed by atoms with E-state index in [9.17, 15) is 0 Å². The van der Waals surface area contributed by atoms with Gasteiger partial charge >= 0.3 is 0 Å². The molecule has 166 valence electrons. The Hall–Kier alpha value is -2.79. The fraction of sp³-hybridized carbons (Fsp3) is 0.476. The molecule has 1 aromatic heterocycles. The highest BCUT2D eigenvalue weighted by molar-refractivity contribution is 5.59. The third-order valence-corrected chi connectivity index (χ3v) is 5.61. The van der Waals surface area contributed by atoms with Crippen molar-refractivity contribution in [3.05, 3.63) is 36.4 Å². The van der Waals surface area contributed by atoms with Gasteiger partial charge in [-0.3, -0.25) is 0 Å². The van der Waals surface area contributed by atoms with Crippen molar-refractivity contribution in [3.63, 3.8) is 0 Å². The number of aromatic nitrogens is 3. The van der Waals surface area contributed by atoms with Crippen molar-refractivity contribution in [1.29, 1.82) is 0 Å². The van der Waals surface area contributed by atoms with E-state index in [2.05, 4.69) is 21.9 Å². The van der Waals surface area contributed by atoms with Crippen LogP contribution in [0, 0.1) is 0 Å². The molecule has 1 aromatic carbocycles. The van der Waals surface area contributed by atoms with Gasteiger partial charge in [0.1, 0.15) is 0 Å². The molecule has 2 fully saturated rings. The quantitative estimate of drug-likeness (QED) is 0.441. The van der Waals surface area contributed by atoms with Crippen LogP contribution in [-0.2, 0) is 0 Å². The predicted molar refractivity (Wildman–Crippen MR) is 125 cm³/mol. The number of piperidine rings is 2. The molecule has 0 spiro atoms. The molecule has 10 heteroatoms. The Labute approximate surface area is 182 Å². The zero-order valence-electron chi connectivity index (χ0n) is 17.7. The van der Waals surface area contributed by atoms with Gasteiger partial charge in [0.2, 0.25) is 17.8 Å². The molecule has 2 saturated heterocycles. The van der Waals surface area contributed by atoms with Crippen LogP contribution in [0.3, 0.4) is 0 Å². The first-order valence-electron chi connectivity index (χ1n) is 10.7. The molecule has 2 aliphatic rings. The molecule has 4 atom stereocenters. The zero-order valence-corrected chi connectivity index (χ0v) is 17.7. The summed E-state index contributed by atoms with van der Waals surface area (Å²) in [6, 6.07) is 7.77. The van der Waals surface area contributed by atoms with Crippen molar-refractivity contribution in [2.45, 2.75) is 37.0 Å². The molecule has 31 heavy (non-hydrogen) atoms. The maximum Gasteiger partial charge on any atom is 0.233 e. The third kappa shape index (κ3) is 5.28. The van der Waals surface area contributed by atoms with Crippen molar-refractivity contribution < 1.29 is 0 Å². The van der Waals surface area contributed by atoms with Gasteiger partial charge in [0, 0.05) is 56.0 Å². The molecule has 10 nitrogen and oxygen atoms in total. The molecule has 2 aromatic rings. The Morgan fingerprint density at radius 3 is 1.65 bits per heavy atom. The number of nitrogens with zero attached hydrogens (tertiary/aromatic N) is 5. The van der Waals surface area contributed by atoms with Crippen LogP contribution in [0.4, 0.5) is 23.5 Å². The minimum Gasteiger partial charge on any atom is -0.338 e. The van der Waals surface area contributed by atoms with Crippen LogP contribution in [0.15, 0.2) is 30.8 Å². The summed E-state index contributed by atoms with van der Waals surface area (Å²) in [4.78, 5) is 18.1. The molecule has 0 saturated carbocycles. The van der Waals surface area contributed by atoms with E-state index in [0.717, 1.165) is 24.1 Å². The molecular formula is C21H32N10. The lowest BCUT2D eigenvalue weighted by atomic mass is 10.0. The Morgan fingerprint density at radius 2 is 1.23 bits per heavy atom. The topological polar surface area (TPSA) is 161 Å². The van der Waals surface area contributed by atoms with Gasteiger partial charge in [-0.15, -0.1) is 0 Å². The van der Waals surface area contributed by atoms with Crippen molar-refractivity contribution in [3.8, 4) is 0 Å². The Morgan fingerprint density at radius 1 is 0.774 bits per heavy atom. The number of benzene rings is 1. The molecule has 2 aliphatic heterocycles. The smallest absolute Gasteiger partial charge is 0.233 e. The Kier molecular flexibility index (Phi) is 6.33. The van der Waals surface area contributed by atoms with E-state index in [1.807, 2.05) is 34.1 Å². The van der Waals surface area contributed by atoms with E-state index in [-0.39, 0.29) is 24.2 Å². The molecule has 0 bridgehead atoms. The number of nitrogens with one attached hydrogen (secondary N) is 1. The van der Waals surface area contributed by atoms with E-state index in [1.165, 1.54) is 0 Å². The number of hydrogen-bond acceptors (Lipinski definition) is 10. The highest BCUT2D eigenvalue weighted by Crippen LogP contribution is 2.24. The Balaban J connectivity index is 1.66. The first-order valence-corrected chi connectivity index (χ1v) is 10.7. The number of nitrogens with two attached hydrogens (primary N) is 4. The van der Waals surface area contributed by atoms with Gasteiger partial charge in [-0.1, -0.05) is 24.8 Å². The Bertz CT molecular complexity index is 837. The van der Waals surface area contributed by atoms with Crippen LogP contribution in [0.5, 0.6) is 0 Å². The van der Waals surface area contributed by atoms with E-state index >= 15 is 0 Å². The van der Waals surface area contributed by atoms with Crippen LogP contribution in [-0.4, -0.2) is 65.3 Å². The third-order valence-electron chi connectivity index (χ3n) is 5.61. The van der Waals surface area contributed by atoms with E-state index in [1.54, 1.807) is 6.08 Å². The lowest BCUT2D eigenvalue weighted by Gasteiger charge is -2.37. The largest absolute Gasteiger partial charge is 0.338 e. The minimum absolute atomic E-state index is 0.0244. The van der Waals surface area contributed by atoms with Gasteiger partial charge in [0.05, 0.1) is 0 Å². The number of hydrogen-bond donors (Lipinski definition) is 5. The van der Waals surface area contributed by atoms with Crippen molar-refractivity contribution >= 4 is 29.6 Å². The predicted octanol–water partition coefficient (Wildman–Crippen LogP) is -0.0124. The first-order chi connectivity index (χ1) is 14.9. The van der Waals surface area contributed by atoms with Crippen LogP contribution >= 0.6 is 0 Å². The summed E-state index contributed by atoms with van der Waals surface area (Å²) in [5.41, 5.74) is 26.7. The second-order valence-electron chi connectivity index (χ2n) is 8.53. The molecule has 0 aliphatic carbocycles. The standard InChI is InChI=1S/C21H32N10/c1-2-13-3-5-18(6-4-13)26-19-27-20(30-9-14(22)7-15(23)10-30)29-21(28-19)31-11-16(24)8-17(25)12-31/h2-6,14-17H,1,7-12,22-25H2,(H,26,27,28,29)/t14-,15+,16-,17+. The number of anilines is 4. The first kappa shape index (κ1) is 21.4. The monoisotopic (exact) mass is 424 g/mol. The summed E-state index contributed by atoms with van der Waals surface area (Å²) in [5.74, 6) is 1.55. The van der Waals surface area contributed by atoms with Crippen LogP contribution in [0.2, 0.25) is 0 Å². The summed E-state index contributed by atoms with van der Waals surface area (Å²) in [5, 5.41) is 3.28. The zero-order chi connectivity index (χ0) is 22.0. The van der Waals surface area contributed by atoms with Crippen LogP contribution in [0.1, 0.15) is 18.4 Å². The van der Waals surface area contributed by atoms with Crippen LogP contribution in [0.25, 0.3) is 6.08 Å². The van der Waals surface area contributed by atoms with E-state index in [4.69, 9.17) is 27.9 Å². The van der Waals surface area contributed by atoms with Gasteiger partial charge in [-0.2, -0.15) is 15.0 Å². The fourth-order valence-corrected chi connectivity index (χ4v) is 4.21. The molecule has 0 radical (unpaired) electrons. The van der Waals surface area contributed by atoms with Gasteiger partial charge < -0.3 is 38.1 Å². The average Bonchev–Trinajstić information content (AvgIpc) is 2.73. The van der Waals surface area contributed by atoms with Crippen LogP contribution < -0.4 is 38.1 Å². The molecule has 0 amide bonds. The van der Waals surface area contributed by atoms with Gasteiger partial charge in [0.15, 0.2) is 0 Å². The summed E-state index contributed by atoms with van der Waals surface area (Å²) in [6.07, 6.45) is 3.37. The number of rotatable bonds is 5. The summed E-state index contributed by atoms with van der Waals surface area (Å²) in [7, 11) is 0. The maximum atomic E-state index is 6.20. The summed E-state index contributed by atoms with van der Waals surface area (Å²) < 4.78 is 0. The SMILES string of the molecule is C=Cc1ccc(Nc2nc(N3C[C@H](N)C[C@H](N)C3)nc(N3C[C@H](N)C[C@H](N)C3)n2)cc1. The fourth-order valence-electron chi connectivity index (χ4n) is 4.21. The van der Waals surface area contributed by atoms with Gasteiger partial charge in [0.25, 0.3) is 0 Å². The molecule has 3 heterocycles. The molecule has 4 rings (SSSR count). The summed E-state index contributed by atoms with van der Waals surface area (Å²) >= 11 is 0. The van der Waals surface area contributed by atoms with Gasteiger partial charge in [-0.25, -0.2) is 0 Å². The lowest BCUT2D eigenvalue weighted by molar-refractivity contribution is 0.441.